The van der Waals surface area contributed by atoms with Crippen LogP contribution in [0.4, 0.5) is 5.69 Å². The van der Waals surface area contributed by atoms with Crippen molar-refractivity contribution in [2.45, 2.75) is 6.92 Å². The van der Waals surface area contributed by atoms with E-state index in [1.165, 1.54) is 0 Å². The minimum atomic E-state index is -0.154. The van der Waals surface area contributed by atoms with Gasteiger partial charge in [0.1, 0.15) is 11.5 Å². The van der Waals surface area contributed by atoms with Gasteiger partial charge >= 0.3 is 0 Å². The predicted molar refractivity (Wildman–Crippen MR) is 119 cm³/mol. The van der Waals surface area contributed by atoms with Gasteiger partial charge in [0.05, 0.1) is 5.69 Å². The summed E-state index contributed by atoms with van der Waals surface area (Å²) in [6.45, 7) is 2.00. The summed E-state index contributed by atoms with van der Waals surface area (Å²) in [4.78, 5) is 19.6. The molecule has 138 valence electrons. The van der Waals surface area contributed by atoms with Crippen LogP contribution < -0.4 is 4.90 Å². The highest BCUT2D eigenvalue weighted by atomic mass is 79.9. The van der Waals surface area contributed by atoms with Gasteiger partial charge < -0.3 is 0 Å². The smallest absolute Gasteiger partial charge is 0.266 e. The van der Waals surface area contributed by atoms with Gasteiger partial charge in [-0.3, -0.25) is 9.69 Å². The zero-order valence-electron chi connectivity index (χ0n) is 15.1. The molecule has 3 nitrogen and oxygen atoms in total. The minimum Gasteiger partial charge on any atom is -0.266 e. The van der Waals surface area contributed by atoms with Crippen LogP contribution in [0.1, 0.15) is 16.7 Å². The van der Waals surface area contributed by atoms with Crippen LogP contribution >= 0.6 is 27.5 Å². The fourth-order valence-corrected chi connectivity index (χ4v) is 3.42. The van der Waals surface area contributed by atoms with E-state index in [0.717, 1.165) is 26.9 Å². The molecular weight excluding hydrogens is 436 g/mol. The molecule has 3 aromatic rings. The number of nitrogens with zero attached hydrogens (tertiary/aromatic N) is 2. The molecule has 4 rings (SSSR count). The van der Waals surface area contributed by atoms with Gasteiger partial charge in [-0.1, -0.05) is 51.8 Å². The summed E-state index contributed by atoms with van der Waals surface area (Å²) in [6, 6.07) is 22.9. The second kappa shape index (κ2) is 7.74. The van der Waals surface area contributed by atoms with Crippen molar-refractivity contribution in [3.8, 4) is 0 Å². The molecule has 0 unspecified atom stereocenters. The van der Waals surface area contributed by atoms with Gasteiger partial charge in [0, 0.05) is 15.1 Å². The van der Waals surface area contributed by atoms with Crippen LogP contribution in [0.2, 0.25) is 5.02 Å². The summed E-state index contributed by atoms with van der Waals surface area (Å²) in [5.41, 5.74) is 4.01. The molecule has 0 aliphatic carbocycles. The van der Waals surface area contributed by atoms with Crippen molar-refractivity contribution >= 4 is 51.0 Å². The molecule has 1 aliphatic heterocycles. The summed E-state index contributed by atoms with van der Waals surface area (Å²) in [7, 11) is 0. The Labute approximate surface area is 177 Å². The van der Waals surface area contributed by atoms with Crippen LogP contribution in [0.25, 0.3) is 6.08 Å². The molecule has 1 heterocycles. The third-order valence-corrected chi connectivity index (χ3v) is 5.18. The average Bonchev–Trinajstić information content (AvgIpc) is 3.00. The maximum atomic E-state index is 13.2. The molecule has 0 radical (unpaired) electrons. The second-order valence-corrected chi connectivity index (χ2v) is 7.86. The summed E-state index contributed by atoms with van der Waals surface area (Å²) < 4.78 is 0.985. The molecule has 0 bridgehead atoms. The Morgan fingerprint density at radius 3 is 2.39 bits per heavy atom. The van der Waals surface area contributed by atoms with Crippen LogP contribution in [0.3, 0.4) is 0 Å². The number of benzene rings is 3. The molecular formula is C23H16BrClN2O. The van der Waals surface area contributed by atoms with Crippen LogP contribution in [0.5, 0.6) is 0 Å². The third-order valence-electron chi connectivity index (χ3n) is 4.40. The highest BCUT2D eigenvalue weighted by Gasteiger charge is 2.32. The maximum absolute atomic E-state index is 13.2. The number of aryl methyl sites for hydroxylation is 1. The van der Waals surface area contributed by atoms with Gasteiger partial charge in [-0.15, -0.1) is 0 Å². The van der Waals surface area contributed by atoms with Gasteiger partial charge in [-0.2, -0.15) is 0 Å². The highest BCUT2D eigenvalue weighted by molar-refractivity contribution is 9.10. The Kier molecular flexibility index (Phi) is 5.16. The molecule has 3 aromatic carbocycles. The first-order valence-corrected chi connectivity index (χ1v) is 9.91. The lowest BCUT2D eigenvalue weighted by Crippen LogP contribution is -2.32. The number of anilines is 1. The molecule has 0 fully saturated rings. The molecule has 0 spiro atoms. The number of aliphatic imine (C=N–C) groups is 1. The molecule has 0 aromatic heterocycles. The van der Waals surface area contributed by atoms with Crippen LogP contribution in [0, 0.1) is 6.92 Å². The summed E-state index contributed by atoms with van der Waals surface area (Å²) >= 11 is 9.46. The molecule has 0 saturated heterocycles. The predicted octanol–water partition coefficient (Wildman–Crippen LogP) is 6.25. The van der Waals surface area contributed by atoms with E-state index in [1.54, 1.807) is 23.1 Å². The fourth-order valence-electron chi connectivity index (χ4n) is 3.03. The van der Waals surface area contributed by atoms with Crippen molar-refractivity contribution in [3.05, 3.63) is 105 Å². The first-order valence-electron chi connectivity index (χ1n) is 8.74. The van der Waals surface area contributed by atoms with Crippen molar-refractivity contribution in [3.63, 3.8) is 0 Å². The Balaban J connectivity index is 1.82. The van der Waals surface area contributed by atoms with E-state index in [9.17, 15) is 4.79 Å². The van der Waals surface area contributed by atoms with E-state index < -0.39 is 0 Å². The van der Waals surface area contributed by atoms with E-state index in [4.69, 9.17) is 11.6 Å². The van der Waals surface area contributed by atoms with E-state index in [2.05, 4.69) is 20.9 Å². The van der Waals surface area contributed by atoms with Crippen molar-refractivity contribution in [1.82, 2.24) is 0 Å². The minimum absolute atomic E-state index is 0.154. The van der Waals surface area contributed by atoms with Gasteiger partial charge in [0.15, 0.2) is 0 Å². The van der Waals surface area contributed by atoms with E-state index in [0.29, 0.717) is 16.6 Å². The molecule has 5 heteroatoms. The topological polar surface area (TPSA) is 32.7 Å². The average molecular weight is 452 g/mol. The monoisotopic (exact) mass is 450 g/mol. The zero-order valence-corrected chi connectivity index (χ0v) is 17.4. The van der Waals surface area contributed by atoms with Gasteiger partial charge in [0.25, 0.3) is 5.91 Å². The fraction of sp³-hybridized carbons (Fsp3) is 0.0435. The van der Waals surface area contributed by atoms with Crippen molar-refractivity contribution < 1.29 is 4.79 Å². The van der Waals surface area contributed by atoms with Gasteiger partial charge in [-0.05, 0) is 72.7 Å². The highest BCUT2D eigenvalue weighted by Crippen LogP contribution is 2.29. The van der Waals surface area contributed by atoms with E-state index in [1.807, 2.05) is 67.6 Å². The lowest BCUT2D eigenvalue weighted by Gasteiger charge is -2.19. The van der Waals surface area contributed by atoms with Crippen LogP contribution in [-0.2, 0) is 4.79 Å². The number of amides is 1. The van der Waals surface area contributed by atoms with Crippen molar-refractivity contribution in [2.75, 3.05) is 4.90 Å². The molecule has 28 heavy (non-hydrogen) atoms. The standard InChI is InChI=1S/C23H16BrClN2O/c1-15-3-2-4-20(13-15)27-22(17-7-11-19(25)12-8-17)26-21(23(27)28)14-16-5-9-18(24)10-6-16/h2-14H,1H3/b21-14+. The number of carbonyl (C=O) groups excluding carboxylic acids is 1. The lowest BCUT2D eigenvalue weighted by molar-refractivity contribution is -0.113. The summed E-state index contributed by atoms with van der Waals surface area (Å²) in [5, 5.41) is 0.640. The Morgan fingerprint density at radius 1 is 1.00 bits per heavy atom. The maximum Gasteiger partial charge on any atom is 0.282 e. The number of rotatable bonds is 3. The van der Waals surface area contributed by atoms with Crippen LogP contribution in [0.15, 0.2) is 88.0 Å². The summed E-state index contributed by atoms with van der Waals surface area (Å²) in [5.74, 6) is 0.439. The Hall–Kier alpha value is -2.69. The first-order chi connectivity index (χ1) is 13.5. The SMILES string of the molecule is Cc1cccc(N2C(=O)/C(=C\c3ccc(Br)cc3)N=C2c2ccc(Cl)cc2)c1. The van der Waals surface area contributed by atoms with Gasteiger partial charge in [0.2, 0.25) is 0 Å². The summed E-state index contributed by atoms with van der Waals surface area (Å²) in [6.07, 6.45) is 1.81. The Bertz CT molecular complexity index is 1100. The van der Waals surface area contributed by atoms with Crippen molar-refractivity contribution in [1.29, 1.82) is 0 Å². The molecule has 1 amide bonds. The van der Waals surface area contributed by atoms with E-state index >= 15 is 0 Å². The number of halogens is 2. The number of carbonyl (C=O) groups is 1. The number of amidine groups is 1. The Morgan fingerprint density at radius 2 is 1.71 bits per heavy atom. The quantitative estimate of drug-likeness (QED) is 0.433. The van der Waals surface area contributed by atoms with Crippen LogP contribution in [-0.4, -0.2) is 11.7 Å². The molecule has 1 aliphatic rings. The third kappa shape index (κ3) is 3.79. The lowest BCUT2D eigenvalue weighted by atomic mass is 10.1. The van der Waals surface area contributed by atoms with Crippen molar-refractivity contribution in [2.24, 2.45) is 4.99 Å². The molecule has 0 N–H and O–H groups in total. The van der Waals surface area contributed by atoms with Gasteiger partial charge in [-0.25, -0.2) is 4.99 Å². The zero-order chi connectivity index (χ0) is 19.7. The normalized spacial score (nSPS) is 15.2. The number of hydrogen-bond acceptors (Lipinski definition) is 2. The molecule has 0 saturated carbocycles. The largest absolute Gasteiger partial charge is 0.282 e. The number of hydrogen-bond donors (Lipinski definition) is 0. The second-order valence-electron chi connectivity index (χ2n) is 6.50. The van der Waals surface area contributed by atoms with E-state index in [-0.39, 0.29) is 5.91 Å². The molecule has 0 atom stereocenters. The first kappa shape index (κ1) is 18.7.